The van der Waals surface area contributed by atoms with Gasteiger partial charge in [0.1, 0.15) is 23.1 Å². The number of ether oxygens (including phenoxy) is 1. The molecule has 0 aliphatic carbocycles. The van der Waals surface area contributed by atoms with Crippen LogP contribution < -0.4 is 11.1 Å². The SMILES string of the molecule is CCOC(=O)C1(C)C(=O)Nc2nc(-c3cn4ccnc4c(Cc4cccc(F)c4)n3)nc(N)c21. The molecule has 1 aromatic carbocycles. The van der Waals surface area contributed by atoms with Crippen molar-refractivity contribution in [1.82, 2.24) is 24.3 Å². The van der Waals surface area contributed by atoms with Crippen LogP contribution in [0.3, 0.4) is 0 Å². The zero-order valence-electron chi connectivity index (χ0n) is 18.4. The molecule has 34 heavy (non-hydrogen) atoms. The maximum absolute atomic E-state index is 13.7. The van der Waals surface area contributed by atoms with E-state index < -0.39 is 17.3 Å². The molecule has 4 aromatic rings. The van der Waals surface area contributed by atoms with Crippen molar-refractivity contribution in [2.24, 2.45) is 0 Å². The summed E-state index contributed by atoms with van der Waals surface area (Å²) in [6.45, 7) is 3.19. The number of anilines is 2. The highest BCUT2D eigenvalue weighted by Gasteiger charge is 2.53. The number of nitrogen functional groups attached to an aromatic ring is 1. The van der Waals surface area contributed by atoms with Crippen molar-refractivity contribution in [2.75, 3.05) is 17.7 Å². The third-order valence-corrected chi connectivity index (χ3v) is 5.74. The number of nitrogens with two attached hydrogens (primary N) is 1. The van der Waals surface area contributed by atoms with Gasteiger partial charge in [0, 0.05) is 25.0 Å². The van der Waals surface area contributed by atoms with Crippen LogP contribution in [0.5, 0.6) is 0 Å². The number of carbonyl (C=O) groups excluding carboxylic acids is 2. The number of nitrogens with one attached hydrogen (secondary N) is 1. The number of esters is 1. The second-order valence-corrected chi connectivity index (χ2v) is 7.99. The predicted molar refractivity (Wildman–Crippen MR) is 120 cm³/mol. The lowest BCUT2D eigenvalue weighted by atomic mass is 9.84. The Morgan fingerprint density at radius 2 is 2.12 bits per heavy atom. The quantitative estimate of drug-likeness (QED) is 0.341. The van der Waals surface area contributed by atoms with Gasteiger partial charge in [-0.2, -0.15) is 0 Å². The second kappa shape index (κ2) is 7.87. The number of rotatable bonds is 5. The first-order valence-corrected chi connectivity index (χ1v) is 10.5. The van der Waals surface area contributed by atoms with Gasteiger partial charge < -0.3 is 20.2 Å². The Labute approximate surface area is 193 Å². The summed E-state index contributed by atoms with van der Waals surface area (Å²) in [5.74, 6) is -1.42. The van der Waals surface area contributed by atoms with Crippen molar-refractivity contribution in [2.45, 2.75) is 25.7 Å². The molecule has 0 bridgehead atoms. The number of benzene rings is 1. The van der Waals surface area contributed by atoms with Crippen molar-refractivity contribution >= 4 is 29.2 Å². The summed E-state index contributed by atoms with van der Waals surface area (Å²) >= 11 is 0. The Balaban J connectivity index is 1.60. The molecule has 1 atom stereocenters. The van der Waals surface area contributed by atoms with E-state index in [4.69, 9.17) is 10.5 Å². The van der Waals surface area contributed by atoms with Crippen LogP contribution in [0.2, 0.25) is 0 Å². The van der Waals surface area contributed by atoms with E-state index in [2.05, 4.69) is 25.3 Å². The Morgan fingerprint density at radius 3 is 2.88 bits per heavy atom. The molecule has 172 valence electrons. The highest BCUT2D eigenvalue weighted by Crippen LogP contribution is 2.41. The van der Waals surface area contributed by atoms with E-state index in [1.165, 1.54) is 19.1 Å². The largest absolute Gasteiger partial charge is 0.465 e. The van der Waals surface area contributed by atoms with Crippen LogP contribution in [0.4, 0.5) is 16.0 Å². The van der Waals surface area contributed by atoms with E-state index in [0.717, 1.165) is 5.56 Å². The van der Waals surface area contributed by atoms with Crippen molar-refractivity contribution in [3.8, 4) is 11.5 Å². The Kier molecular flexibility index (Phi) is 4.96. The molecule has 0 radical (unpaired) electrons. The highest BCUT2D eigenvalue weighted by atomic mass is 19.1. The zero-order valence-corrected chi connectivity index (χ0v) is 18.4. The van der Waals surface area contributed by atoms with Gasteiger partial charge in [-0.05, 0) is 31.5 Å². The first-order chi connectivity index (χ1) is 16.3. The Morgan fingerprint density at radius 1 is 1.29 bits per heavy atom. The third-order valence-electron chi connectivity index (χ3n) is 5.74. The molecule has 0 spiro atoms. The van der Waals surface area contributed by atoms with Gasteiger partial charge in [0.15, 0.2) is 16.9 Å². The molecule has 1 amide bonds. The van der Waals surface area contributed by atoms with Gasteiger partial charge in [-0.1, -0.05) is 12.1 Å². The van der Waals surface area contributed by atoms with Gasteiger partial charge in [-0.25, -0.2) is 24.3 Å². The molecule has 1 aliphatic rings. The van der Waals surface area contributed by atoms with Crippen molar-refractivity contribution < 1.29 is 18.7 Å². The van der Waals surface area contributed by atoms with Gasteiger partial charge in [-0.3, -0.25) is 9.59 Å². The van der Waals surface area contributed by atoms with Gasteiger partial charge in [0.2, 0.25) is 5.91 Å². The summed E-state index contributed by atoms with van der Waals surface area (Å²) < 4.78 is 20.5. The fourth-order valence-electron chi connectivity index (χ4n) is 4.06. The average molecular weight is 461 g/mol. The topological polar surface area (TPSA) is 137 Å². The van der Waals surface area contributed by atoms with Crippen LogP contribution >= 0.6 is 0 Å². The predicted octanol–water partition coefficient (Wildman–Crippen LogP) is 2.27. The molecule has 10 nitrogen and oxygen atoms in total. The van der Waals surface area contributed by atoms with Crippen LogP contribution in [-0.4, -0.2) is 42.8 Å². The standard InChI is InChI=1S/C23H20FN7O3/c1-3-34-22(33)23(2)16-17(25)28-18(29-19(16)30-21(23)32)15-11-31-8-7-26-20(31)14(27-15)10-12-5-4-6-13(24)9-12/h4-9,11H,3,10H2,1-2H3,(H3,25,28,29,30,32). The molecule has 0 fully saturated rings. The fraction of sp³-hybridized carbons (Fsp3) is 0.217. The summed E-state index contributed by atoms with van der Waals surface area (Å²) in [6, 6.07) is 6.23. The number of hydrogen-bond acceptors (Lipinski definition) is 8. The van der Waals surface area contributed by atoms with Gasteiger partial charge in [-0.15, -0.1) is 0 Å². The summed E-state index contributed by atoms with van der Waals surface area (Å²) in [7, 11) is 0. The molecule has 4 heterocycles. The average Bonchev–Trinajstić information content (AvgIpc) is 3.37. The number of amides is 1. The van der Waals surface area contributed by atoms with Crippen molar-refractivity contribution in [3.63, 3.8) is 0 Å². The Bertz CT molecular complexity index is 1470. The lowest BCUT2D eigenvalue weighted by Crippen LogP contribution is -2.41. The van der Waals surface area contributed by atoms with E-state index in [9.17, 15) is 14.0 Å². The van der Waals surface area contributed by atoms with Crippen LogP contribution in [-0.2, 0) is 26.2 Å². The molecule has 1 unspecified atom stereocenters. The second-order valence-electron chi connectivity index (χ2n) is 7.99. The first-order valence-electron chi connectivity index (χ1n) is 10.5. The minimum atomic E-state index is -1.65. The molecule has 1 aliphatic heterocycles. The summed E-state index contributed by atoms with van der Waals surface area (Å²) in [5, 5.41) is 2.61. The van der Waals surface area contributed by atoms with E-state index >= 15 is 0 Å². The van der Waals surface area contributed by atoms with E-state index in [-0.39, 0.29) is 35.4 Å². The number of nitrogens with zero attached hydrogens (tertiary/aromatic N) is 5. The number of fused-ring (bicyclic) bond motifs is 2. The molecular formula is C23H20FN7O3. The normalized spacial score (nSPS) is 17.0. The molecule has 11 heteroatoms. The van der Waals surface area contributed by atoms with Gasteiger partial charge in [0.25, 0.3) is 0 Å². The lowest BCUT2D eigenvalue weighted by molar-refractivity contribution is -0.152. The zero-order chi connectivity index (χ0) is 24.0. The monoisotopic (exact) mass is 461 g/mol. The third kappa shape index (κ3) is 3.33. The molecule has 3 N–H and O–H groups in total. The number of imidazole rings is 1. The number of carbonyl (C=O) groups is 2. The number of halogens is 1. The Hall–Kier alpha value is -4.41. The first kappa shape index (κ1) is 21.4. The van der Waals surface area contributed by atoms with Crippen LogP contribution in [0, 0.1) is 5.82 Å². The number of hydrogen-bond donors (Lipinski definition) is 2. The van der Waals surface area contributed by atoms with Crippen LogP contribution in [0.25, 0.3) is 17.2 Å². The van der Waals surface area contributed by atoms with E-state index in [0.29, 0.717) is 23.5 Å². The lowest BCUT2D eigenvalue weighted by Gasteiger charge is -2.20. The van der Waals surface area contributed by atoms with Gasteiger partial charge in [0.05, 0.1) is 17.9 Å². The smallest absolute Gasteiger partial charge is 0.326 e. The van der Waals surface area contributed by atoms with E-state index in [1.54, 1.807) is 42.0 Å². The summed E-state index contributed by atoms with van der Waals surface area (Å²) in [6.07, 6.45) is 5.37. The maximum Gasteiger partial charge on any atom is 0.326 e. The minimum absolute atomic E-state index is 0.0342. The van der Waals surface area contributed by atoms with Crippen molar-refractivity contribution in [3.05, 3.63) is 65.5 Å². The fourth-order valence-corrected chi connectivity index (χ4v) is 4.06. The molecule has 0 saturated carbocycles. The molecule has 5 rings (SSSR count). The molecule has 3 aromatic heterocycles. The van der Waals surface area contributed by atoms with Gasteiger partial charge >= 0.3 is 5.97 Å². The number of aromatic nitrogens is 5. The van der Waals surface area contributed by atoms with Crippen LogP contribution in [0.1, 0.15) is 30.7 Å². The van der Waals surface area contributed by atoms with Crippen molar-refractivity contribution in [1.29, 1.82) is 0 Å². The van der Waals surface area contributed by atoms with E-state index in [1.807, 2.05) is 0 Å². The summed E-state index contributed by atoms with van der Waals surface area (Å²) in [4.78, 5) is 43.1. The van der Waals surface area contributed by atoms with Crippen LogP contribution in [0.15, 0.2) is 42.9 Å². The maximum atomic E-state index is 13.7. The molecular weight excluding hydrogens is 441 g/mol. The summed E-state index contributed by atoms with van der Waals surface area (Å²) in [5.41, 5.74) is 7.00. The minimum Gasteiger partial charge on any atom is -0.465 e. The molecule has 0 saturated heterocycles. The highest BCUT2D eigenvalue weighted by molar-refractivity contribution is 6.19.